The predicted molar refractivity (Wildman–Crippen MR) is 140 cm³/mol. The third kappa shape index (κ3) is 5.96. The summed E-state index contributed by atoms with van der Waals surface area (Å²) < 4.78 is 33.6. The highest BCUT2D eigenvalue weighted by Crippen LogP contribution is 2.27. The molecule has 0 radical (unpaired) electrons. The van der Waals surface area contributed by atoms with Crippen molar-refractivity contribution in [2.45, 2.75) is 18.7 Å². The molecule has 1 aliphatic rings. The Kier molecular flexibility index (Phi) is 7.64. The normalized spacial score (nSPS) is 14.0. The van der Waals surface area contributed by atoms with Gasteiger partial charge < -0.3 is 15.0 Å². The average Bonchev–Trinajstić information content (AvgIpc) is 2.85. The molecule has 0 atom stereocenters. The second kappa shape index (κ2) is 10.7. The molecule has 3 aromatic rings. The molecule has 1 amide bonds. The molecule has 0 saturated carbocycles. The fraction of sp³-hybridized carbons (Fsp3) is 0.269. The highest BCUT2D eigenvalue weighted by atomic mass is 35.5. The lowest BCUT2D eigenvalue weighted by Gasteiger charge is -2.29. The lowest BCUT2D eigenvalue weighted by Crippen LogP contribution is -2.38. The van der Waals surface area contributed by atoms with Gasteiger partial charge in [-0.3, -0.25) is 9.10 Å². The number of benzene rings is 3. The second-order valence-corrected chi connectivity index (χ2v) is 10.7. The Morgan fingerprint density at radius 1 is 0.971 bits per heavy atom. The van der Waals surface area contributed by atoms with Crippen LogP contribution in [0.4, 0.5) is 17.1 Å². The van der Waals surface area contributed by atoms with Crippen LogP contribution in [0.3, 0.4) is 0 Å². The third-order valence-electron chi connectivity index (χ3n) is 5.99. The van der Waals surface area contributed by atoms with Crippen molar-refractivity contribution in [1.82, 2.24) is 0 Å². The molecule has 0 aliphatic carbocycles. The van der Waals surface area contributed by atoms with Crippen LogP contribution in [0.2, 0.25) is 5.02 Å². The van der Waals surface area contributed by atoms with Crippen molar-refractivity contribution < 1.29 is 17.9 Å². The van der Waals surface area contributed by atoms with Crippen molar-refractivity contribution in [2.75, 3.05) is 47.4 Å². The monoisotopic (exact) mass is 513 g/mol. The van der Waals surface area contributed by atoms with Crippen LogP contribution in [0.25, 0.3) is 0 Å². The fourth-order valence-electron chi connectivity index (χ4n) is 3.84. The molecule has 1 N–H and O–H groups in total. The average molecular weight is 514 g/mol. The first-order valence-corrected chi connectivity index (χ1v) is 13.1. The molecule has 1 saturated heterocycles. The maximum Gasteiger partial charge on any atom is 0.264 e. The van der Waals surface area contributed by atoms with Crippen molar-refractivity contribution in [2.24, 2.45) is 0 Å². The molecule has 184 valence electrons. The number of hydrogen-bond donors (Lipinski definition) is 1. The molecule has 0 bridgehead atoms. The summed E-state index contributed by atoms with van der Waals surface area (Å²) in [6, 6.07) is 18.7. The van der Waals surface area contributed by atoms with Gasteiger partial charge in [0.1, 0.15) is 6.54 Å². The SMILES string of the molecule is Cc1ccc(N(CC(=O)Nc2ccc(N3CCOCC3)cc2)S(=O)(=O)c2ccc(Cl)cc2)cc1C. The van der Waals surface area contributed by atoms with E-state index in [4.69, 9.17) is 16.3 Å². The van der Waals surface area contributed by atoms with E-state index < -0.39 is 15.9 Å². The van der Waals surface area contributed by atoms with Gasteiger partial charge in [0.15, 0.2) is 0 Å². The first-order chi connectivity index (χ1) is 16.7. The molecular weight excluding hydrogens is 486 g/mol. The highest BCUT2D eigenvalue weighted by molar-refractivity contribution is 7.92. The number of hydrogen-bond acceptors (Lipinski definition) is 5. The Bertz CT molecular complexity index is 1290. The van der Waals surface area contributed by atoms with Gasteiger partial charge in [-0.05, 0) is 85.6 Å². The van der Waals surface area contributed by atoms with E-state index in [0.29, 0.717) is 29.6 Å². The number of halogens is 1. The van der Waals surface area contributed by atoms with Crippen LogP contribution in [0.1, 0.15) is 11.1 Å². The van der Waals surface area contributed by atoms with Gasteiger partial charge in [0, 0.05) is 29.5 Å². The molecule has 0 spiro atoms. The Balaban J connectivity index is 1.56. The predicted octanol–water partition coefficient (Wildman–Crippen LogP) is 4.63. The first kappa shape index (κ1) is 25.0. The van der Waals surface area contributed by atoms with Gasteiger partial charge in [0.25, 0.3) is 10.0 Å². The van der Waals surface area contributed by atoms with Crippen LogP contribution in [0, 0.1) is 13.8 Å². The van der Waals surface area contributed by atoms with E-state index in [2.05, 4.69) is 10.2 Å². The maximum absolute atomic E-state index is 13.5. The van der Waals surface area contributed by atoms with E-state index >= 15 is 0 Å². The van der Waals surface area contributed by atoms with Crippen LogP contribution >= 0.6 is 11.6 Å². The Hall–Kier alpha value is -3.07. The molecular formula is C26H28ClN3O4S. The van der Waals surface area contributed by atoms with Crippen LogP contribution < -0.4 is 14.5 Å². The van der Waals surface area contributed by atoms with Gasteiger partial charge in [-0.25, -0.2) is 8.42 Å². The van der Waals surface area contributed by atoms with Gasteiger partial charge in [-0.2, -0.15) is 0 Å². The van der Waals surface area contributed by atoms with E-state index in [1.807, 2.05) is 44.2 Å². The first-order valence-electron chi connectivity index (χ1n) is 11.3. The van der Waals surface area contributed by atoms with Gasteiger partial charge in [-0.15, -0.1) is 0 Å². The standard InChI is InChI=1S/C26H28ClN3O4S/c1-19-3-8-24(17-20(19)2)30(35(32,33)25-11-4-21(27)5-12-25)18-26(31)28-22-6-9-23(10-7-22)29-13-15-34-16-14-29/h3-12,17H,13-16,18H2,1-2H3,(H,28,31). The van der Waals surface area contributed by atoms with Crippen molar-refractivity contribution in [3.8, 4) is 0 Å². The summed E-state index contributed by atoms with van der Waals surface area (Å²) in [4.78, 5) is 15.3. The van der Waals surface area contributed by atoms with Gasteiger partial charge in [-0.1, -0.05) is 17.7 Å². The van der Waals surface area contributed by atoms with Crippen LogP contribution in [0.5, 0.6) is 0 Å². The molecule has 3 aromatic carbocycles. The van der Waals surface area contributed by atoms with Gasteiger partial charge in [0.2, 0.25) is 5.91 Å². The number of sulfonamides is 1. The quantitative estimate of drug-likeness (QED) is 0.498. The second-order valence-electron chi connectivity index (χ2n) is 8.43. The molecule has 0 unspecified atom stereocenters. The summed E-state index contributed by atoms with van der Waals surface area (Å²) in [5, 5.41) is 3.25. The van der Waals surface area contributed by atoms with Crippen LogP contribution in [0.15, 0.2) is 71.6 Å². The van der Waals surface area contributed by atoms with Crippen molar-refractivity contribution in [3.05, 3.63) is 82.9 Å². The maximum atomic E-state index is 13.5. The number of carbonyl (C=O) groups is 1. The van der Waals surface area contributed by atoms with E-state index in [1.54, 1.807) is 12.1 Å². The van der Waals surface area contributed by atoms with E-state index in [9.17, 15) is 13.2 Å². The molecule has 35 heavy (non-hydrogen) atoms. The summed E-state index contributed by atoms with van der Waals surface area (Å²) in [6.07, 6.45) is 0. The minimum atomic E-state index is -4.01. The summed E-state index contributed by atoms with van der Waals surface area (Å²) in [6.45, 7) is 6.49. The van der Waals surface area contributed by atoms with Gasteiger partial charge >= 0.3 is 0 Å². The summed E-state index contributed by atoms with van der Waals surface area (Å²) in [5.41, 5.74) is 4.02. The third-order valence-corrected chi connectivity index (χ3v) is 8.03. The molecule has 0 aromatic heterocycles. The lowest BCUT2D eigenvalue weighted by atomic mass is 10.1. The molecule has 9 heteroatoms. The van der Waals surface area contributed by atoms with E-state index in [-0.39, 0.29) is 11.4 Å². The number of rotatable bonds is 7. The zero-order chi connectivity index (χ0) is 25.0. The largest absolute Gasteiger partial charge is 0.378 e. The minimum Gasteiger partial charge on any atom is -0.378 e. The fourth-order valence-corrected chi connectivity index (χ4v) is 5.38. The highest BCUT2D eigenvalue weighted by Gasteiger charge is 2.27. The Morgan fingerprint density at radius 2 is 1.63 bits per heavy atom. The Morgan fingerprint density at radius 3 is 2.26 bits per heavy atom. The molecule has 4 rings (SSSR count). The molecule has 1 heterocycles. The molecule has 1 fully saturated rings. The number of morpholine rings is 1. The number of amides is 1. The Labute approximate surface area is 211 Å². The number of anilines is 3. The topological polar surface area (TPSA) is 79.0 Å². The van der Waals surface area contributed by atoms with Crippen LogP contribution in [-0.2, 0) is 19.6 Å². The van der Waals surface area contributed by atoms with E-state index in [0.717, 1.165) is 34.2 Å². The lowest BCUT2D eigenvalue weighted by molar-refractivity contribution is -0.114. The molecule has 7 nitrogen and oxygen atoms in total. The van der Waals surface area contributed by atoms with Gasteiger partial charge in [0.05, 0.1) is 23.8 Å². The van der Waals surface area contributed by atoms with Crippen LogP contribution in [-0.4, -0.2) is 47.2 Å². The van der Waals surface area contributed by atoms with Crippen molar-refractivity contribution >= 4 is 44.6 Å². The number of nitrogens with zero attached hydrogens (tertiary/aromatic N) is 2. The minimum absolute atomic E-state index is 0.0581. The zero-order valence-corrected chi connectivity index (χ0v) is 21.3. The zero-order valence-electron chi connectivity index (χ0n) is 19.7. The van der Waals surface area contributed by atoms with Crippen molar-refractivity contribution in [1.29, 1.82) is 0 Å². The summed E-state index contributed by atoms with van der Waals surface area (Å²) in [5.74, 6) is -0.445. The number of nitrogens with one attached hydrogen (secondary N) is 1. The molecule has 1 aliphatic heterocycles. The summed E-state index contributed by atoms with van der Waals surface area (Å²) in [7, 11) is -4.01. The number of ether oxygens (including phenoxy) is 1. The number of carbonyl (C=O) groups excluding carboxylic acids is 1. The smallest absolute Gasteiger partial charge is 0.264 e. The van der Waals surface area contributed by atoms with E-state index in [1.165, 1.54) is 24.3 Å². The van der Waals surface area contributed by atoms with Crippen molar-refractivity contribution in [3.63, 3.8) is 0 Å². The number of aryl methyl sites for hydroxylation is 2. The summed E-state index contributed by atoms with van der Waals surface area (Å²) >= 11 is 5.95.